The summed E-state index contributed by atoms with van der Waals surface area (Å²) in [5.74, 6) is 2.15. The smallest absolute Gasteiger partial charge is 0.229 e. The molecule has 12 heteroatoms. The van der Waals surface area contributed by atoms with Gasteiger partial charge in [0.05, 0.1) is 29.9 Å². The van der Waals surface area contributed by atoms with Crippen molar-refractivity contribution in [3.63, 3.8) is 0 Å². The summed E-state index contributed by atoms with van der Waals surface area (Å²) >= 11 is 0. The van der Waals surface area contributed by atoms with Gasteiger partial charge < -0.3 is 15.2 Å². The molecule has 34 heavy (non-hydrogen) atoms. The molecule has 11 nitrogen and oxygen atoms in total. The lowest BCUT2D eigenvalue weighted by atomic mass is 10.2. The third-order valence-corrected chi connectivity index (χ3v) is 5.75. The molecular weight excluding hydrogens is 454 g/mol. The summed E-state index contributed by atoms with van der Waals surface area (Å²) in [5, 5.41) is 7.53. The number of pyridine rings is 1. The second-order valence-electron chi connectivity index (χ2n) is 7.86. The molecule has 0 amide bonds. The lowest BCUT2D eigenvalue weighted by Crippen LogP contribution is -2.26. The van der Waals surface area contributed by atoms with E-state index in [0.29, 0.717) is 36.2 Å². The topological polar surface area (TPSA) is 134 Å². The van der Waals surface area contributed by atoms with Crippen molar-refractivity contribution in [2.45, 2.75) is 20.1 Å². The van der Waals surface area contributed by atoms with E-state index in [4.69, 9.17) is 4.98 Å². The van der Waals surface area contributed by atoms with Crippen LogP contribution in [0.2, 0.25) is 0 Å². The second-order valence-corrected chi connectivity index (χ2v) is 9.61. The van der Waals surface area contributed by atoms with Gasteiger partial charge in [-0.3, -0.25) is 9.71 Å². The minimum atomic E-state index is -3.41. The van der Waals surface area contributed by atoms with E-state index in [1.807, 2.05) is 48.4 Å². The van der Waals surface area contributed by atoms with Crippen LogP contribution in [0.25, 0.3) is 17.5 Å². The molecule has 174 valence electrons. The minimum Gasteiger partial charge on any atom is -0.376 e. The molecule has 4 heterocycles. The number of rotatable bonds is 7. The minimum absolute atomic E-state index is 0.341. The molecule has 0 unspecified atom stereocenters. The highest BCUT2D eigenvalue weighted by molar-refractivity contribution is 7.92. The molecule has 0 spiro atoms. The molecule has 0 aliphatic carbocycles. The Labute approximate surface area is 196 Å². The van der Waals surface area contributed by atoms with Crippen molar-refractivity contribution in [1.29, 1.82) is 0 Å². The van der Waals surface area contributed by atoms with Crippen LogP contribution in [0.5, 0.6) is 0 Å². The highest BCUT2D eigenvalue weighted by Crippen LogP contribution is 2.30. The highest BCUT2D eigenvalue weighted by Gasteiger charge is 2.22. The largest absolute Gasteiger partial charge is 0.376 e. The lowest BCUT2D eigenvalue weighted by molar-refractivity contribution is 0.600. The number of para-hydroxylation sites is 2. The average molecular weight is 478 g/mol. The van der Waals surface area contributed by atoms with Crippen molar-refractivity contribution >= 4 is 33.3 Å². The molecule has 1 aromatic carbocycles. The lowest BCUT2D eigenvalue weighted by Gasteiger charge is -2.22. The van der Waals surface area contributed by atoms with E-state index < -0.39 is 10.0 Å². The van der Waals surface area contributed by atoms with Gasteiger partial charge in [0.25, 0.3) is 0 Å². The van der Waals surface area contributed by atoms with E-state index in [1.165, 1.54) is 6.33 Å². The number of imidazole rings is 1. The maximum absolute atomic E-state index is 11.7. The Bertz CT molecular complexity index is 1470. The van der Waals surface area contributed by atoms with Crippen LogP contribution in [0.3, 0.4) is 0 Å². The Morgan fingerprint density at radius 3 is 2.71 bits per heavy atom. The van der Waals surface area contributed by atoms with E-state index in [9.17, 15) is 8.42 Å². The number of hydrogen-bond donors (Lipinski definition) is 3. The van der Waals surface area contributed by atoms with Gasteiger partial charge in [0.1, 0.15) is 24.5 Å². The second kappa shape index (κ2) is 8.63. The van der Waals surface area contributed by atoms with E-state index in [0.717, 1.165) is 29.2 Å². The third kappa shape index (κ3) is 4.62. The Balaban J connectivity index is 1.46. The summed E-state index contributed by atoms with van der Waals surface area (Å²) in [6.07, 6.45) is 6.44. The maximum atomic E-state index is 11.7. The molecule has 4 aromatic rings. The van der Waals surface area contributed by atoms with Gasteiger partial charge in [-0.15, -0.1) is 0 Å². The number of H-pyrrole nitrogens is 1. The molecule has 3 aromatic heterocycles. The van der Waals surface area contributed by atoms with Gasteiger partial charge in [-0.1, -0.05) is 18.2 Å². The number of nitrogens with one attached hydrogen (secondary N) is 3. The molecule has 0 saturated carbocycles. The third-order valence-electron chi connectivity index (χ3n) is 5.15. The van der Waals surface area contributed by atoms with Crippen LogP contribution >= 0.6 is 0 Å². The maximum Gasteiger partial charge on any atom is 0.229 e. The monoisotopic (exact) mass is 477 g/mol. The van der Waals surface area contributed by atoms with E-state index in [2.05, 4.69) is 30.1 Å². The number of nitrogens with zero attached hydrogens (tertiary/aromatic N) is 6. The summed E-state index contributed by atoms with van der Waals surface area (Å²) in [6, 6.07) is 12.9. The predicted molar refractivity (Wildman–Crippen MR) is 130 cm³/mol. The van der Waals surface area contributed by atoms with Crippen LogP contribution in [0, 0.1) is 6.92 Å². The Morgan fingerprint density at radius 1 is 1.09 bits per heavy atom. The molecule has 0 atom stereocenters. The van der Waals surface area contributed by atoms with Crippen molar-refractivity contribution in [2.24, 2.45) is 0 Å². The van der Waals surface area contributed by atoms with Crippen molar-refractivity contribution in [2.75, 3.05) is 21.2 Å². The van der Waals surface area contributed by atoms with E-state index in [-0.39, 0.29) is 0 Å². The number of aromatic amines is 1. The first-order valence-corrected chi connectivity index (χ1v) is 12.4. The molecule has 0 bridgehead atoms. The molecule has 1 aliphatic rings. The number of sulfonamides is 1. The van der Waals surface area contributed by atoms with Crippen LogP contribution in [-0.4, -0.2) is 44.4 Å². The zero-order chi connectivity index (χ0) is 23.7. The summed E-state index contributed by atoms with van der Waals surface area (Å²) < 4.78 is 27.7. The molecule has 3 N–H and O–H groups in total. The number of anilines is 3. The highest BCUT2D eigenvalue weighted by atomic mass is 32.2. The summed E-state index contributed by atoms with van der Waals surface area (Å²) in [7, 11) is -3.41. The first kappa shape index (κ1) is 21.6. The Hall–Kier alpha value is -4.19. The summed E-state index contributed by atoms with van der Waals surface area (Å²) in [4.78, 5) is 19.1. The molecule has 0 saturated heterocycles. The standard InChI is InChI=1S/C22H23N9O2S/c1-15-6-5-9-18(26-15)21-22(30-11-10-20-24-13-25-31(20)14-30)28-19(27-21)12-23-16-7-3-4-8-17(16)29-34(2,32)33/h3-11,13,23,29H,12,14H2,1-2H3,(H,27,28). The number of benzene rings is 1. The number of hydrogen-bond acceptors (Lipinski definition) is 8. The zero-order valence-corrected chi connectivity index (χ0v) is 19.4. The van der Waals surface area contributed by atoms with Gasteiger partial charge in [0.2, 0.25) is 10.0 Å². The molecule has 0 fully saturated rings. The molecular formula is C22H23N9O2S. The van der Waals surface area contributed by atoms with E-state index >= 15 is 0 Å². The van der Waals surface area contributed by atoms with Crippen LogP contribution in [0.15, 0.2) is 55.0 Å². The van der Waals surface area contributed by atoms with Crippen molar-refractivity contribution in [1.82, 2.24) is 29.7 Å². The normalized spacial score (nSPS) is 13.1. The van der Waals surface area contributed by atoms with Crippen LogP contribution < -0.4 is 14.9 Å². The first-order chi connectivity index (χ1) is 16.4. The van der Waals surface area contributed by atoms with Crippen molar-refractivity contribution in [3.8, 4) is 11.4 Å². The van der Waals surface area contributed by atoms with Gasteiger partial charge >= 0.3 is 0 Å². The Kier molecular flexibility index (Phi) is 5.49. The van der Waals surface area contributed by atoms with Crippen molar-refractivity contribution < 1.29 is 8.42 Å². The average Bonchev–Trinajstić information content (AvgIpc) is 3.44. The fourth-order valence-corrected chi connectivity index (χ4v) is 4.24. The number of fused-ring (bicyclic) bond motifs is 1. The molecule has 0 radical (unpaired) electrons. The molecule has 1 aliphatic heterocycles. The zero-order valence-electron chi connectivity index (χ0n) is 18.6. The quantitative estimate of drug-likeness (QED) is 0.370. The fraction of sp³-hybridized carbons (Fsp3) is 0.182. The van der Waals surface area contributed by atoms with Crippen LogP contribution in [-0.2, 0) is 23.2 Å². The van der Waals surface area contributed by atoms with Gasteiger partial charge in [-0.05, 0) is 37.3 Å². The van der Waals surface area contributed by atoms with Gasteiger partial charge in [0, 0.05) is 11.9 Å². The van der Waals surface area contributed by atoms with Crippen LogP contribution in [0.1, 0.15) is 17.3 Å². The fourth-order valence-electron chi connectivity index (χ4n) is 3.67. The molecule has 5 rings (SSSR count). The number of aromatic nitrogens is 6. The van der Waals surface area contributed by atoms with Gasteiger partial charge in [-0.25, -0.2) is 23.1 Å². The predicted octanol–water partition coefficient (Wildman–Crippen LogP) is 2.80. The summed E-state index contributed by atoms with van der Waals surface area (Å²) in [6.45, 7) is 2.74. The van der Waals surface area contributed by atoms with E-state index in [1.54, 1.807) is 22.9 Å². The van der Waals surface area contributed by atoms with Gasteiger partial charge in [0.15, 0.2) is 11.6 Å². The van der Waals surface area contributed by atoms with Crippen LogP contribution in [0.4, 0.5) is 17.2 Å². The van der Waals surface area contributed by atoms with Gasteiger partial charge in [-0.2, -0.15) is 5.10 Å². The number of aryl methyl sites for hydroxylation is 1. The summed E-state index contributed by atoms with van der Waals surface area (Å²) in [5.41, 5.74) is 3.55. The van der Waals surface area contributed by atoms with Crippen molar-refractivity contribution in [3.05, 3.63) is 72.3 Å². The Morgan fingerprint density at radius 2 is 1.91 bits per heavy atom. The first-order valence-electron chi connectivity index (χ1n) is 10.5. The SMILES string of the molecule is Cc1cccc(-c2[nH]c(CNc3ccccc3NS(C)(=O)=O)nc2N2C=Cc3ncnn3C2)n1.